The van der Waals surface area contributed by atoms with Gasteiger partial charge in [-0.3, -0.25) is 9.52 Å². The van der Waals surface area contributed by atoms with Crippen molar-refractivity contribution < 1.29 is 26.4 Å². The minimum absolute atomic E-state index is 0.0638. The van der Waals surface area contributed by atoms with Crippen molar-refractivity contribution in [3.63, 3.8) is 0 Å². The zero-order chi connectivity index (χ0) is 21.2. The molecule has 1 heterocycles. The molecule has 0 radical (unpaired) electrons. The number of alkyl halides is 3. The van der Waals surface area contributed by atoms with Crippen LogP contribution in [0.2, 0.25) is 0 Å². The Balaban J connectivity index is 1.99. The van der Waals surface area contributed by atoms with E-state index in [1.165, 1.54) is 37.5 Å². The molecule has 8 nitrogen and oxygen atoms in total. The van der Waals surface area contributed by atoms with Gasteiger partial charge in [-0.15, -0.1) is 0 Å². The van der Waals surface area contributed by atoms with Gasteiger partial charge in [0, 0.05) is 12.6 Å². The summed E-state index contributed by atoms with van der Waals surface area (Å²) in [6.45, 7) is 1.30. The van der Waals surface area contributed by atoms with Crippen LogP contribution in [0.4, 0.5) is 24.5 Å². The molecular weight excluding hydrogens is 411 g/mol. The minimum Gasteiger partial charge on any atom is -0.326 e. The third kappa shape index (κ3) is 4.71. The molecule has 0 aliphatic carbocycles. The van der Waals surface area contributed by atoms with Gasteiger partial charge in [-0.1, -0.05) is 0 Å². The smallest absolute Gasteiger partial charge is 0.326 e. The Bertz CT molecular complexity index is 1130. The van der Waals surface area contributed by atoms with E-state index >= 15 is 0 Å². The monoisotopic (exact) mass is 425 g/mol. The van der Waals surface area contributed by atoms with Gasteiger partial charge in [-0.2, -0.15) is 18.3 Å². The molecule has 0 saturated heterocycles. The van der Waals surface area contributed by atoms with Gasteiger partial charge < -0.3 is 5.32 Å². The second kappa shape index (κ2) is 7.54. The van der Waals surface area contributed by atoms with Crippen LogP contribution in [0, 0.1) is 0 Å². The number of sulfonamides is 1. The van der Waals surface area contributed by atoms with Gasteiger partial charge in [-0.05, 0) is 42.5 Å². The topological polar surface area (TPSA) is 106 Å². The first-order valence-electron chi connectivity index (χ1n) is 8.03. The van der Waals surface area contributed by atoms with Crippen LogP contribution in [0.1, 0.15) is 12.5 Å². The summed E-state index contributed by atoms with van der Waals surface area (Å²) in [5.41, 5.74) is -0.913. The van der Waals surface area contributed by atoms with Crippen molar-refractivity contribution >= 4 is 27.3 Å². The van der Waals surface area contributed by atoms with Crippen LogP contribution in [-0.2, 0) is 21.0 Å². The highest BCUT2D eigenvalue weighted by molar-refractivity contribution is 7.92. The average molecular weight is 425 g/mol. The van der Waals surface area contributed by atoms with E-state index in [0.29, 0.717) is 11.8 Å². The maximum atomic E-state index is 13.1. The number of halogens is 3. The second-order valence-corrected chi connectivity index (χ2v) is 7.56. The van der Waals surface area contributed by atoms with E-state index in [0.717, 1.165) is 23.1 Å². The van der Waals surface area contributed by atoms with E-state index < -0.39 is 21.8 Å². The lowest BCUT2D eigenvalue weighted by atomic mass is 10.1. The summed E-state index contributed by atoms with van der Waals surface area (Å²) in [5.74, 6) is -0.333. The molecule has 2 aromatic carbocycles. The lowest BCUT2D eigenvalue weighted by Gasteiger charge is -2.15. The van der Waals surface area contributed by atoms with E-state index in [2.05, 4.69) is 20.1 Å². The predicted octanol–water partition coefficient (Wildman–Crippen LogP) is 3.05. The zero-order valence-corrected chi connectivity index (χ0v) is 15.6. The van der Waals surface area contributed by atoms with E-state index in [9.17, 15) is 26.4 Å². The molecule has 0 bridgehead atoms. The quantitative estimate of drug-likeness (QED) is 0.654. The van der Waals surface area contributed by atoms with Gasteiger partial charge in [0.1, 0.15) is 12.7 Å². The van der Waals surface area contributed by atoms with Crippen LogP contribution in [0.15, 0.2) is 60.0 Å². The van der Waals surface area contributed by atoms with Gasteiger partial charge >= 0.3 is 6.18 Å². The fourth-order valence-electron chi connectivity index (χ4n) is 2.45. The van der Waals surface area contributed by atoms with Crippen molar-refractivity contribution in [2.45, 2.75) is 18.0 Å². The number of amides is 1. The number of carbonyl (C=O) groups is 1. The van der Waals surface area contributed by atoms with Gasteiger partial charge in [0.2, 0.25) is 5.91 Å². The molecule has 3 aromatic rings. The molecular formula is C17H14F3N5O3S. The summed E-state index contributed by atoms with van der Waals surface area (Å²) in [6, 6.07) is 7.75. The second-order valence-electron chi connectivity index (χ2n) is 5.88. The molecule has 0 fully saturated rings. The molecule has 0 aliphatic heterocycles. The summed E-state index contributed by atoms with van der Waals surface area (Å²) in [7, 11) is -4.23. The summed E-state index contributed by atoms with van der Waals surface area (Å²) in [6.07, 6.45) is -2.28. The lowest BCUT2D eigenvalue weighted by Crippen LogP contribution is -2.16. The standard InChI is InChI=1S/C17H14F3N5O3S/c1-11(26)23-13-3-5-14(6-4-13)29(27,28)24-15-8-12(17(18,19)20)2-7-16(15)25-10-21-9-22-25/h2-10,24H,1H3,(H,23,26). The molecule has 1 aromatic heterocycles. The maximum absolute atomic E-state index is 13.1. The molecule has 1 amide bonds. The van der Waals surface area contributed by atoms with E-state index in [1.54, 1.807) is 0 Å². The van der Waals surface area contributed by atoms with Crippen LogP contribution < -0.4 is 10.0 Å². The largest absolute Gasteiger partial charge is 0.416 e. The van der Waals surface area contributed by atoms with Crippen LogP contribution >= 0.6 is 0 Å². The molecule has 12 heteroatoms. The lowest BCUT2D eigenvalue weighted by molar-refractivity contribution is -0.137. The van der Waals surface area contributed by atoms with Crippen molar-refractivity contribution in [1.82, 2.24) is 14.8 Å². The first kappa shape index (κ1) is 20.3. The van der Waals surface area contributed by atoms with E-state index in [1.807, 2.05) is 0 Å². The van der Waals surface area contributed by atoms with Crippen LogP contribution in [0.5, 0.6) is 0 Å². The molecule has 0 unspecified atom stereocenters. The first-order valence-corrected chi connectivity index (χ1v) is 9.51. The number of carbonyl (C=O) groups excluding carboxylic acids is 1. The summed E-state index contributed by atoms with van der Waals surface area (Å²) in [4.78, 5) is 14.6. The Hall–Kier alpha value is -3.41. The van der Waals surface area contributed by atoms with Crippen molar-refractivity contribution in [2.24, 2.45) is 0 Å². The number of rotatable bonds is 5. The molecule has 0 spiro atoms. The van der Waals surface area contributed by atoms with Crippen molar-refractivity contribution in [3.8, 4) is 5.69 Å². The SMILES string of the molecule is CC(=O)Nc1ccc(S(=O)(=O)Nc2cc(C(F)(F)F)ccc2-n2cncn2)cc1. The average Bonchev–Trinajstić information content (AvgIpc) is 3.15. The Morgan fingerprint density at radius 1 is 1.10 bits per heavy atom. The zero-order valence-electron chi connectivity index (χ0n) is 14.8. The van der Waals surface area contributed by atoms with Crippen LogP contribution in [0.3, 0.4) is 0 Å². The van der Waals surface area contributed by atoms with Crippen LogP contribution in [-0.4, -0.2) is 29.1 Å². The third-order valence-electron chi connectivity index (χ3n) is 3.72. The van der Waals surface area contributed by atoms with Gasteiger partial charge in [0.05, 0.1) is 21.8 Å². The van der Waals surface area contributed by atoms with Gasteiger partial charge in [0.15, 0.2) is 0 Å². The summed E-state index contributed by atoms with van der Waals surface area (Å²) in [5, 5.41) is 6.32. The normalized spacial score (nSPS) is 11.9. The third-order valence-corrected chi connectivity index (χ3v) is 5.10. The Morgan fingerprint density at radius 3 is 2.34 bits per heavy atom. The minimum atomic E-state index is -4.67. The summed E-state index contributed by atoms with van der Waals surface area (Å²) < 4.78 is 68.0. The molecule has 29 heavy (non-hydrogen) atoms. The van der Waals surface area contributed by atoms with E-state index in [-0.39, 0.29) is 22.2 Å². The molecule has 3 rings (SSSR count). The number of hydrogen-bond acceptors (Lipinski definition) is 5. The Labute approximate surface area is 163 Å². The molecule has 0 saturated carbocycles. The van der Waals surface area contributed by atoms with Gasteiger partial charge in [-0.25, -0.2) is 18.1 Å². The number of anilines is 2. The first-order chi connectivity index (χ1) is 13.6. The number of benzene rings is 2. The van der Waals surface area contributed by atoms with E-state index in [4.69, 9.17) is 0 Å². The summed E-state index contributed by atoms with van der Waals surface area (Å²) >= 11 is 0. The Morgan fingerprint density at radius 2 is 1.79 bits per heavy atom. The highest BCUT2D eigenvalue weighted by atomic mass is 32.2. The molecule has 0 atom stereocenters. The highest BCUT2D eigenvalue weighted by Gasteiger charge is 2.32. The van der Waals surface area contributed by atoms with Crippen molar-refractivity contribution in [1.29, 1.82) is 0 Å². The predicted molar refractivity (Wildman–Crippen MR) is 97.9 cm³/mol. The number of nitrogens with zero attached hydrogens (tertiary/aromatic N) is 3. The number of hydrogen-bond donors (Lipinski definition) is 2. The fraction of sp³-hybridized carbons (Fsp3) is 0.118. The molecule has 152 valence electrons. The fourth-order valence-corrected chi connectivity index (χ4v) is 3.52. The number of aromatic nitrogens is 3. The maximum Gasteiger partial charge on any atom is 0.416 e. The molecule has 0 aliphatic rings. The molecule has 2 N–H and O–H groups in total. The van der Waals surface area contributed by atoms with Gasteiger partial charge in [0.25, 0.3) is 10.0 Å². The van der Waals surface area contributed by atoms with Crippen LogP contribution in [0.25, 0.3) is 5.69 Å². The number of nitrogens with one attached hydrogen (secondary N) is 2. The van der Waals surface area contributed by atoms with Crippen molar-refractivity contribution in [3.05, 3.63) is 60.7 Å². The Kier molecular flexibility index (Phi) is 5.29. The highest BCUT2D eigenvalue weighted by Crippen LogP contribution is 2.34. The van der Waals surface area contributed by atoms with Crippen molar-refractivity contribution in [2.75, 3.05) is 10.0 Å².